The first kappa shape index (κ1) is 31.7. The fourth-order valence-corrected chi connectivity index (χ4v) is 6.88. The van der Waals surface area contributed by atoms with E-state index in [0.717, 1.165) is 51.8 Å². The summed E-state index contributed by atoms with van der Waals surface area (Å²) in [4.78, 5) is 46.0. The number of thiazole rings is 1. The van der Waals surface area contributed by atoms with Gasteiger partial charge in [0.15, 0.2) is 0 Å². The van der Waals surface area contributed by atoms with Crippen LogP contribution in [-0.2, 0) is 33.6 Å². The van der Waals surface area contributed by atoms with Crippen LogP contribution in [0.1, 0.15) is 36.4 Å². The zero-order chi connectivity index (χ0) is 29.9. The Morgan fingerprint density at radius 1 is 1.00 bits per heavy atom. The molecule has 42 heavy (non-hydrogen) atoms. The second-order valence-electron chi connectivity index (χ2n) is 10.5. The molecule has 224 valence electrons. The first-order valence-electron chi connectivity index (χ1n) is 14.6. The Morgan fingerprint density at radius 3 is 2.48 bits per heavy atom. The highest BCUT2D eigenvalue weighted by Crippen LogP contribution is 2.24. The number of amides is 3. The predicted octanol–water partition coefficient (Wildman–Crippen LogP) is 3.74. The monoisotopic (exact) mass is 607 g/mol. The van der Waals surface area contributed by atoms with Gasteiger partial charge in [-0.15, -0.1) is 11.3 Å². The summed E-state index contributed by atoms with van der Waals surface area (Å²) < 4.78 is 1.07. The van der Waals surface area contributed by atoms with E-state index in [1.54, 1.807) is 18.3 Å². The van der Waals surface area contributed by atoms with Crippen molar-refractivity contribution in [2.75, 3.05) is 37.7 Å². The number of nitrogens with zero attached hydrogens (tertiary/aromatic N) is 2. The first-order valence-corrected chi connectivity index (χ1v) is 16.6. The van der Waals surface area contributed by atoms with E-state index in [-0.39, 0.29) is 43.1 Å². The molecule has 4 rings (SSSR count). The largest absolute Gasteiger partial charge is 0.350 e. The van der Waals surface area contributed by atoms with E-state index in [1.165, 1.54) is 5.56 Å². The fraction of sp³-hybridized carbons (Fsp3) is 0.438. The van der Waals surface area contributed by atoms with Gasteiger partial charge in [0, 0.05) is 56.1 Å². The van der Waals surface area contributed by atoms with Crippen LogP contribution < -0.4 is 16.0 Å². The standard InChI is InChI=1S/C32H41N5O3S2/c1-4-23-11-12-26-28(18-23)42-30(36-26)19-27(35-29(38)5-2)32(40)34-25(17-24-9-7-6-8-10-24)20-33-31(39)22(3)21-37-13-15-41-16-14-37/h6-12,18,25,27H,3-5,13-17,19-21H2,1-2H3,(H,33,39)(H,34,40)(H,35,38)/t25-,27-/m0/s1. The Balaban J connectivity index is 1.45. The molecule has 3 N–H and O–H groups in total. The zero-order valence-corrected chi connectivity index (χ0v) is 26.1. The second kappa shape index (κ2) is 15.9. The molecule has 3 amide bonds. The molecule has 0 bridgehead atoms. The van der Waals surface area contributed by atoms with Crippen LogP contribution in [0.3, 0.4) is 0 Å². The van der Waals surface area contributed by atoms with E-state index in [0.29, 0.717) is 18.5 Å². The van der Waals surface area contributed by atoms with Crippen LogP contribution in [0.25, 0.3) is 10.2 Å². The summed E-state index contributed by atoms with van der Waals surface area (Å²) in [6.45, 7) is 10.6. The third kappa shape index (κ3) is 9.40. The van der Waals surface area contributed by atoms with Crippen LogP contribution in [0.4, 0.5) is 0 Å². The van der Waals surface area contributed by atoms with E-state index in [9.17, 15) is 14.4 Å². The lowest BCUT2D eigenvalue weighted by Gasteiger charge is -2.27. The minimum Gasteiger partial charge on any atom is -0.350 e. The van der Waals surface area contributed by atoms with Gasteiger partial charge in [-0.2, -0.15) is 11.8 Å². The van der Waals surface area contributed by atoms with E-state index >= 15 is 0 Å². The summed E-state index contributed by atoms with van der Waals surface area (Å²) in [6.07, 6.45) is 2.02. The van der Waals surface area contributed by atoms with Crippen LogP contribution in [-0.4, -0.2) is 77.4 Å². The van der Waals surface area contributed by atoms with E-state index in [4.69, 9.17) is 4.98 Å². The molecule has 2 aromatic carbocycles. The van der Waals surface area contributed by atoms with Crippen molar-refractivity contribution in [2.24, 2.45) is 0 Å². The van der Waals surface area contributed by atoms with Gasteiger partial charge < -0.3 is 16.0 Å². The smallest absolute Gasteiger partial charge is 0.247 e. The van der Waals surface area contributed by atoms with E-state index in [1.807, 2.05) is 48.2 Å². The lowest BCUT2D eigenvalue weighted by atomic mass is 10.0. The van der Waals surface area contributed by atoms with Crippen LogP contribution in [0.15, 0.2) is 60.7 Å². The van der Waals surface area contributed by atoms with Crippen molar-refractivity contribution < 1.29 is 14.4 Å². The maximum Gasteiger partial charge on any atom is 0.247 e. The minimum atomic E-state index is -0.787. The Hall–Kier alpha value is -3.21. The van der Waals surface area contributed by atoms with Gasteiger partial charge in [-0.05, 0) is 36.1 Å². The average Bonchev–Trinajstić information content (AvgIpc) is 3.41. The fourth-order valence-electron chi connectivity index (χ4n) is 4.82. The van der Waals surface area contributed by atoms with Crippen molar-refractivity contribution in [2.45, 2.75) is 51.6 Å². The molecule has 0 aliphatic carbocycles. The number of rotatable bonds is 14. The third-order valence-corrected chi connectivity index (χ3v) is 9.26. The van der Waals surface area contributed by atoms with Crippen molar-refractivity contribution in [1.29, 1.82) is 0 Å². The number of carbonyl (C=O) groups excluding carboxylic acids is 3. The molecule has 1 aliphatic heterocycles. The van der Waals surface area contributed by atoms with Gasteiger partial charge in [0.2, 0.25) is 17.7 Å². The molecular formula is C32H41N5O3S2. The van der Waals surface area contributed by atoms with Crippen molar-refractivity contribution in [1.82, 2.24) is 25.8 Å². The molecule has 1 fully saturated rings. The van der Waals surface area contributed by atoms with Gasteiger partial charge in [-0.1, -0.05) is 56.8 Å². The first-order chi connectivity index (χ1) is 20.3. The predicted molar refractivity (Wildman–Crippen MR) is 173 cm³/mol. The summed E-state index contributed by atoms with van der Waals surface area (Å²) in [5.74, 6) is 1.41. The topological polar surface area (TPSA) is 103 Å². The number of hydrogen-bond acceptors (Lipinski definition) is 7. The molecule has 0 saturated carbocycles. The number of carbonyl (C=O) groups is 3. The SMILES string of the molecule is C=C(CN1CCSCC1)C(=O)NC[C@H](Cc1ccccc1)NC(=O)[C@H](Cc1nc2ccc(CC)cc2s1)NC(=O)CC. The van der Waals surface area contributed by atoms with E-state index in [2.05, 4.69) is 46.5 Å². The zero-order valence-electron chi connectivity index (χ0n) is 24.5. The van der Waals surface area contributed by atoms with Gasteiger partial charge in [0.25, 0.3) is 0 Å². The quantitative estimate of drug-likeness (QED) is 0.241. The molecule has 0 unspecified atom stereocenters. The average molecular weight is 608 g/mol. The van der Waals surface area contributed by atoms with Crippen molar-refractivity contribution >= 4 is 51.0 Å². The minimum absolute atomic E-state index is 0.204. The van der Waals surface area contributed by atoms with Gasteiger partial charge >= 0.3 is 0 Å². The normalized spacial score (nSPS) is 15.1. The number of hydrogen-bond donors (Lipinski definition) is 3. The Bertz CT molecular complexity index is 1370. The number of benzene rings is 2. The summed E-state index contributed by atoms with van der Waals surface area (Å²) >= 11 is 3.47. The maximum absolute atomic E-state index is 13.7. The van der Waals surface area contributed by atoms with Gasteiger partial charge in [-0.25, -0.2) is 4.98 Å². The van der Waals surface area contributed by atoms with Crippen molar-refractivity contribution in [3.63, 3.8) is 0 Å². The number of aromatic nitrogens is 1. The molecule has 8 nitrogen and oxygen atoms in total. The highest BCUT2D eigenvalue weighted by Gasteiger charge is 2.26. The summed E-state index contributed by atoms with van der Waals surface area (Å²) in [7, 11) is 0. The van der Waals surface area contributed by atoms with Crippen LogP contribution >= 0.6 is 23.1 Å². The third-order valence-electron chi connectivity index (χ3n) is 7.28. The molecule has 1 aliphatic rings. The molecular weight excluding hydrogens is 567 g/mol. The number of nitrogens with one attached hydrogen (secondary N) is 3. The number of fused-ring (bicyclic) bond motifs is 1. The van der Waals surface area contributed by atoms with E-state index < -0.39 is 6.04 Å². The molecule has 2 heterocycles. The van der Waals surface area contributed by atoms with Crippen molar-refractivity contribution in [3.05, 3.63) is 76.8 Å². The molecule has 0 radical (unpaired) electrons. The molecule has 10 heteroatoms. The molecule has 0 spiro atoms. The van der Waals surface area contributed by atoms with Crippen LogP contribution in [0.2, 0.25) is 0 Å². The highest BCUT2D eigenvalue weighted by molar-refractivity contribution is 7.99. The van der Waals surface area contributed by atoms with Gasteiger partial charge in [0.05, 0.1) is 21.3 Å². The van der Waals surface area contributed by atoms with Crippen LogP contribution in [0, 0.1) is 0 Å². The number of aryl methyl sites for hydroxylation is 1. The van der Waals surface area contributed by atoms with Gasteiger partial charge in [-0.3, -0.25) is 19.3 Å². The van der Waals surface area contributed by atoms with Crippen LogP contribution in [0.5, 0.6) is 0 Å². The highest BCUT2D eigenvalue weighted by atomic mass is 32.2. The Kier molecular flexibility index (Phi) is 12.0. The Morgan fingerprint density at radius 2 is 1.76 bits per heavy atom. The molecule has 2 atom stereocenters. The summed E-state index contributed by atoms with van der Waals surface area (Å²) in [5, 5.41) is 9.77. The maximum atomic E-state index is 13.7. The summed E-state index contributed by atoms with van der Waals surface area (Å²) in [6, 6.07) is 14.9. The van der Waals surface area contributed by atoms with Gasteiger partial charge in [0.1, 0.15) is 6.04 Å². The summed E-state index contributed by atoms with van der Waals surface area (Å²) in [5.41, 5.74) is 3.67. The van der Waals surface area contributed by atoms with Crippen molar-refractivity contribution in [3.8, 4) is 0 Å². The lowest BCUT2D eigenvalue weighted by molar-refractivity contribution is -0.129. The molecule has 1 aromatic heterocycles. The second-order valence-corrected chi connectivity index (χ2v) is 12.9. The molecule has 3 aromatic rings. The Labute approximate surface area is 256 Å². The lowest BCUT2D eigenvalue weighted by Crippen LogP contribution is -2.53. The molecule has 1 saturated heterocycles. The number of thioether (sulfide) groups is 1.